The predicted octanol–water partition coefficient (Wildman–Crippen LogP) is 5.92. The topological polar surface area (TPSA) is 49.8 Å². The van der Waals surface area contributed by atoms with Crippen molar-refractivity contribution in [3.63, 3.8) is 0 Å². The second-order valence-corrected chi connectivity index (χ2v) is 10.6. The van der Waals surface area contributed by atoms with Crippen molar-refractivity contribution in [2.75, 3.05) is 18.3 Å². The zero-order valence-corrected chi connectivity index (χ0v) is 19.4. The van der Waals surface area contributed by atoms with E-state index in [4.69, 9.17) is 16.1 Å². The molecule has 1 atom stereocenters. The Balaban J connectivity index is 2.51. The van der Waals surface area contributed by atoms with Gasteiger partial charge in [-0.2, -0.15) is 0 Å². The Labute approximate surface area is 177 Å². The third kappa shape index (κ3) is 5.72. The molecule has 7 heteroatoms. The van der Waals surface area contributed by atoms with Crippen LogP contribution < -0.4 is 9.97 Å². The van der Waals surface area contributed by atoms with Gasteiger partial charge in [-0.15, -0.1) is 11.3 Å². The third-order valence-electron chi connectivity index (χ3n) is 3.70. The first-order chi connectivity index (χ1) is 13.0. The Kier molecular flexibility index (Phi) is 7.53. The smallest absolute Gasteiger partial charge is 0.348 e. The number of aryl methyl sites for hydroxylation is 1. The average molecular weight is 438 g/mol. The fraction of sp³-hybridized carbons (Fsp3) is 0.381. The molecule has 0 saturated carbocycles. The summed E-state index contributed by atoms with van der Waals surface area (Å²) < 4.78 is 7.96. The molecule has 4 nitrogen and oxygen atoms in total. The lowest BCUT2D eigenvalue weighted by atomic mass is 9.98. The molecule has 1 unspecified atom stereocenters. The van der Waals surface area contributed by atoms with Crippen molar-refractivity contribution >= 4 is 48.2 Å². The summed E-state index contributed by atoms with van der Waals surface area (Å²) in [5.41, 5.74) is 1.47. The number of nitrogens with zero attached hydrogens (tertiary/aromatic N) is 1. The second-order valence-electron chi connectivity index (χ2n) is 7.28. The summed E-state index contributed by atoms with van der Waals surface area (Å²) >= 11 is 7.29. The number of hydrogen-bond acceptors (Lipinski definition) is 4. The minimum Gasteiger partial charge on any atom is -0.477 e. The summed E-state index contributed by atoms with van der Waals surface area (Å²) in [6.45, 7) is 10.5. The Morgan fingerprint density at radius 3 is 2.57 bits per heavy atom. The maximum absolute atomic E-state index is 11.9. The molecule has 0 aliphatic heterocycles. The molecule has 28 heavy (non-hydrogen) atoms. The van der Waals surface area contributed by atoms with Gasteiger partial charge in [0.2, 0.25) is 0 Å². The van der Waals surface area contributed by atoms with Gasteiger partial charge in [-0.3, -0.25) is 0 Å². The maximum atomic E-state index is 11.9. The normalized spacial score (nSPS) is 12.2. The molecule has 150 valence electrons. The molecule has 1 aromatic carbocycles. The van der Waals surface area contributed by atoms with E-state index in [0.717, 1.165) is 15.7 Å². The third-order valence-corrected chi connectivity index (χ3v) is 7.14. The molecule has 0 aliphatic rings. The van der Waals surface area contributed by atoms with Crippen molar-refractivity contribution in [3.8, 4) is 11.8 Å². The molecule has 1 aromatic heterocycles. The number of thiophene rings is 1. The number of carboxylic acids is 1. The van der Waals surface area contributed by atoms with Crippen molar-refractivity contribution in [2.24, 2.45) is 5.41 Å². The van der Waals surface area contributed by atoms with Crippen molar-refractivity contribution in [1.82, 2.24) is 0 Å². The first-order valence-corrected chi connectivity index (χ1v) is 11.3. The minimum absolute atomic E-state index is 0.155. The number of anilines is 1. The summed E-state index contributed by atoms with van der Waals surface area (Å²) in [7, 11) is 0.650. The summed E-state index contributed by atoms with van der Waals surface area (Å²) in [6.07, 6.45) is 0. The van der Waals surface area contributed by atoms with Crippen LogP contribution in [0.3, 0.4) is 0 Å². The van der Waals surface area contributed by atoms with E-state index in [1.807, 2.05) is 70.6 Å². The minimum atomic E-state index is -1.22. The number of hydrogen-bond donors (Lipinski definition) is 1. The van der Waals surface area contributed by atoms with Crippen molar-refractivity contribution in [2.45, 2.75) is 34.6 Å². The molecule has 0 bridgehead atoms. The number of aromatic carboxylic acids is 1. The zero-order valence-electron chi connectivity index (χ0n) is 17.0. The Morgan fingerprint density at radius 2 is 2.04 bits per heavy atom. The van der Waals surface area contributed by atoms with E-state index in [0.29, 0.717) is 17.3 Å². The van der Waals surface area contributed by atoms with Crippen LogP contribution in [0.15, 0.2) is 24.3 Å². The fourth-order valence-corrected chi connectivity index (χ4v) is 5.43. The van der Waals surface area contributed by atoms with Gasteiger partial charge < -0.3 is 14.3 Å². The van der Waals surface area contributed by atoms with Crippen molar-refractivity contribution in [1.29, 1.82) is 0 Å². The van der Waals surface area contributed by atoms with Gasteiger partial charge >= 0.3 is 5.97 Å². The van der Waals surface area contributed by atoms with Crippen LogP contribution >= 0.6 is 31.2 Å². The predicted molar refractivity (Wildman–Crippen MR) is 120 cm³/mol. The molecule has 0 fully saturated rings. The molecule has 2 aromatic rings. The van der Waals surface area contributed by atoms with Gasteiger partial charge in [0.15, 0.2) is 8.30 Å². The van der Waals surface area contributed by atoms with E-state index in [-0.39, 0.29) is 10.3 Å². The molecule has 2 rings (SSSR count). The SMILES string of the molecule is CCOP(c1ccc(Cl)cc1C)N(C)c1cc(C#CC(C)(C)C)sc1C(=O)O. The molecular formula is C21H25ClNO3PS. The maximum Gasteiger partial charge on any atom is 0.348 e. The van der Waals surface area contributed by atoms with E-state index >= 15 is 0 Å². The lowest BCUT2D eigenvalue weighted by Crippen LogP contribution is -2.22. The van der Waals surface area contributed by atoms with Gasteiger partial charge in [-0.25, -0.2) is 4.79 Å². The number of carboxylic acid groups (broad SMARTS) is 1. The van der Waals surface area contributed by atoms with E-state index in [1.165, 1.54) is 11.3 Å². The monoisotopic (exact) mass is 437 g/mol. The highest BCUT2D eigenvalue weighted by Crippen LogP contribution is 2.46. The summed E-state index contributed by atoms with van der Waals surface area (Å²) in [4.78, 5) is 12.8. The standard InChI is InChI=1S/C21H25ClNO3PS/c1-7-26-27(18-9-8-15(22)12-14(18)2)23(6)17-13-16(10-11-21(3,4)5)28-19(17)20(24)25/h8-9,12-13H,7H2,1-6H3,(H,24,25). The summed E-state index contributed by atoms with van der Waals surface area (Å²) in [5.74, 6) is 5.32. The van der Waals surface area contributed by atoms with Crippen LogP contribution in [0, 0.1) is 24.2 Å². The molecule has 0 aliphatic carbocycles. The molecule has 1 heterocycles. The summed E-state index contributed by atoms with van der Waals surface area (Å²) in [5, 5.41) is 11.4. The van der Waals surface area contributed by atoms with Crippen molar-refractivity contribution in [3.05, 3.63) is 44.6 Å². The second kappa shape index (κ2) is 9.29. The highest BCUT2D eigenvalue weighted by atomic mass is 35.5. The first-order valence-electron chi connectivity index (χ1n) is 8.86. The van der Waals surface area contributed by atoms with Gasteiger partial charge in [-0.05, 0) is 64.4 Å². The molecule has 1 N–H and O–H groups in total. The van der Waals surface area contributed by atoms with Crippen LogP contribution in [-0.2, 0) is 4.52 Å². The quantitative estimate of drug-likeness (QED) is 0.450. The average Bonchev–Trinajstić information content (AvgIpc) is 3.02. The molecule has 0 amide bonds. The van der Waals surface area contributed by atoms with Gasteiger partial charge in [-0.1, -0.05) is 23.4 Å². The Morgan fingerprint density at radius 1 is 1.36 bits per heavy atom. The molecule has 0 spiro atoms. The van der Waals surface area contributed by atoms with Crippen molar-refractivity contribution < 1.29 is 14.4 Å². The molecular weight excluding hydrogens is 413 g/mol. The van der Waals surface area contributed by atoms with Crippen LogP contribution in [-0.4, -0.2) is 24.7 Å². The lowest BCUT2D eigenvalue weighted by Gasteiger charge is -2.29. The highest BCUT2D eigenvalue weighted by Gasteiger charge is 2.26. The van der Waals surface area contributed by atoms with Crippen LogP contribution in [0.5, 0.6) is 0 Å². The lowest BCUT2D eigenvalue weighted by molar-refractivity contribution is 0.0703. The largest absolute Gasteiger partial charge is 0.477 e. The van der Waals surface area contributed by atoms with Crippen LogP contribution in [0.2, 0.25) is 5.02 Å². The molecule has 0 saturated heterocycles. The first kappa shape index (κ1) is 22.7. The van der Waals surface area contributed by atoms with E-state index < -0.39 is 14.3 Å². The zero-order chi connectivity index (χ0) is 21.1. The fourth-order valence-electron chi connectivity index (χ4n) is 2.46. The van der Waals surface area contributed by atoms with Crippen LogP contribution in [0.4, 0.5) is 5.69 Å². The Bertz CT molecular complexity index is 924. The van der Waals surface area contributed by atoms with Gasteiger partial charge in [0.25, 0.3) is 0 Å². The Hall–Kier alpha value is -1.57. The number of benzene rings is 1. The molecule has 0 radical (unpaired) electrons. The highest BCUT2D eigenvalue weighted by molar-refractivity contribution is 7.62. The summed E-state index contributed by atoms with van der Waals surface area (Å²) in [6, 6.07) is 7.51. The van der Waals surface area contributed by atoms with Gasteiger partial charge in [0, 0.05) is 22.8 Å². The van der Waals surface area contributed by atoms with Gasteiger partial charge in [0.05, 0.1) is 17.2 Å². The van der Waals surface area contributed by atoms with E-state index in [1.54, 1.807) is 0 Å². The van der Waals surface area contributed by atoms with E-state index in [9.17, 15) is 9.90 Å². The number of halogens is 1. The number of carbonyl (C=O) groups is 1. The van der Waals surface area contributed by atoms with E-state index in [2.05, 4.69) is 11.8 Å². The van der Waals surface area contributed by atoms with Crippen LogP contribution in [0.25, 0.3) is 0 Å². The van der Waals surface area contributed by atoms with Gasteiger partial charge in [0.1, 0.15) is 4.88 Å². The van der Waals surface area contributed by atoms with Crippen LogP contribution in [0.1, 0.15) is 47.8 Å². The number of rotatable bonds is 6.